The molecule has 3 heterocycles. The van der Waals surface area contributed by atoms with Crippen molar-refractivity contribution in [1.82, 2.24) is 29.7 Å². The van der Waals surface area contributed by atoms with Gasteiger partial charge in [0.25, 0.3) is 5.91 Å². The Balaban J connectivity index is 1.93. The summed E-state index contributed by atoms with van der Waals surface area (Å²) in [4.78, 5) is 24.6. The Kier molecular flexibility index (Phi) is 3.19. The molecule has 0 bridgehead atoms. The molecular weight excluding hydrogens is 270 g/mol. The van der Waals surface area contributed by atoms with E-state index in [0.717, 1.165) is 5.82 Å². The summed E-state index contributed by atoms with van der Waals surface area (Å²) in [5, 5.41) is 9.23. The second-order valence-electron chi connectivity index (χ2n) is 4.42. The van der Waals surface area contributed by atoms with Gasteiger partial charge in [-0.15, -0.1) is 5.10 Å². The highest BCUT2D eigenvalue weighted by Gasteiger charge is 2.15. The van der Waals surface area contributed by atoms with Crippen molar-refractivity contribution in [3.05, 3.63) is 48.2 Å². The first kappa shape index (κ1) is 13.0. The lowest BCUT2D eigenvalue weighted by Gasteiger charge is -2.10. The molecule has 0 aromatic carbocycles. The molecule has 3 aromatic heterocycles. The lowest BCUT2D eigenvalue weighted by molar-refractivity contribution is 0.101. The monoisotopic (exact) mass is 283 g/mol. The molecule has 3 aromatic rings. The van der Waals surface area contributed by atoms with Crippen LogP contribution in [0.5, 0.6) is 0 Å². The third-order valence-electron chi connectivity index (χ3n) is 2.89. The summed E-state index contributed by atoms with van der Waals surface area (Å²) >= 11 is 0. The van der Waals surface area contributed by atoms with Gasteiger partial charge in [0.15, 0.2) is 5.82 Å². The van der Waals surface area contributed by atoms with Crippen molar-refractivity contribution in [3.63, 3.8) is 0 Å². The SMILES string of the molecule is Cc1nc(C(=O)Nc2cccnc2-n2ccnc2C)n[nH]1. The van der Waals surface area contributed by atoms with Gasteiger partial charge >= 0.3 is 0 Å². The van der Waals surface area contributed by atoms with Gasteiger partial charge in [-0.05, 0) is 26.0 Å². The van der Waals surface area contributed by atoms with Crippen molar-refractivity contribution in [3.8, 4) is 5.82 Å². The number of H-pyrrole nitrogens is 1. The lowest BCUT2D eigenvalue weighted by Crippen LogP contribution is -2.16. The molecule has 3 rings (SSSR count). The lowest BCUT2D eigenvalue weighted by atomic mass is 10.3. The van der Waals surface area contributed by atoms with Crippen molar-refractivity contribution < 1.29 is 4.79 Å². The van der Waals surface area contributed by atoms with Gasteiger partial charge in [-0.1, -0.05) is 0 Å². The van der Waals surface area contributed by atoms with Crippen molar-refractivity contribution in [2.45, 2.75) is 13.8 Å². The maximum atomic E-state index is 12.1. The van der Waals surface area contributed by atoms with Crippen LogP contribution in [-0.2, 0) is 0 Å². The number of hydrogen-bond donors (Lipinski definition) is 2. The maximum absolute atomic E-state index is 12.1. The zero-order valence-corrected chi connectivity index (χ0v) is 11.5. The zero-order chi connectivity index (χ0) is 14.8. The van der Waals surface area contributed by atoms with E-state index in [1.807, 2.05) is 6.92 Å². The predicted octanol–water partition coefficient (Wildman–Crippen LogP) is 1.25. The largest absolute Gasteiger partial charge is 0.316 e. The Morgan fingerprint density at radius 1 is 1.29 bits per heavy atom. The molecule has 0 aliphatic carbocycles. The topological polar surface area (TPSA) is 101 Å². The number of aromatic amines is 1. The normalized spacial score (nSPS) is 10.6. The first-order valence-electron chi connectivity index (χ1n) is 6.31. The zero-order valence-electron chi connectivity index (χ0n) is 11.5. The van der Waals surface area contributed by atoms with Crippen LogP contribution in [0.1, 0.15) is 22.3 Å². The van der Waals surface area contributed by atoms with Crippen LogP contribution in [-0.4, -0.2) is 35.6 Å². The molecule has 0 atom stereocenters. The van der Waals surface area contributed by atoms with Gasteiger partial charge in [-0.25, -0.2) is 15.0 Å². The minimum Gasteiger partial charge on any atom is -0.316 e. The standard InChI is InChI=1S/C13H13N7O/c1-8-16-11(19-18-8)13(21)17-10-4-3-5-15-12(10)20-7-6-14-9(20)2/h3-7H,1-2H3,(H,17,21)(H,16,18,19). The summed E-state index contributed by atoms with van der Waals surface area (Å²) < 4.78 is 1.79. The molecule has 106 valence electrons. The number of carbonyl (C=O) groups is 1. The molecule has 0 fully saturated rings. The first-order valence-corrected chi connectivity index (χ1v) is 6.31. The number of imidazole rings is 1. The second kappa shape index (κ2) is 5.16. The number of rotatable bonds is 3. The summed E-state index contributed by atoms with van der Waals surface area (Å²) in [6, 6.07) is 3.51. The molecule has 1 amide bonds. The fourth-order valence-electron chi connectivity index (χ4n) is 1.91. The van der Waals surface area contributed by atoms with Gasteiger partial charge in [0, 0.05) is 18.6 Å². The summed E-state index contributed by atoms with van der Waals surface area (Å²) in [5.74, 6) is 1.64. The fourth-order valence-corrected chi connectivity index (χ4v) is 1.91. The number of pyridine rings is 1. The molecule has 0 spiro atoms. The van der Waals surface area contributed by atoms with E-state index in [1.165, 1.54) is 0 Å². The van der Waals surface area contributed by atoms with Crippen LogP contribution in [0.15, 0.2) is 30.7 Å². The van der Waals surface area contributed by atoms with Crippen LogP contribution >= 0.6 is 0 Å². The molecule has 0 aliphatic rings. The van der Waals surface area contributed by atoms with Gasteiger partial charge in [0.05, 0.1) is 5.69 Å². The highest BCUT2D eigenvalue weighted by Crippen LogP contribution is 2.18. The number of hydrogen-bond acceptors (Lipinski definition) is 5. The summed E-state index contributed by atoms with van der Waals surface area (Å²) in [5.41, 5.74) is 0.561. The van der Waals surface area contributed by atoms with Crippen molar-refractivity contribution in [1.29, 1.82) is 0 Å². The molecule has 8 nitrogen and oxygen atoms in total. The fraction of sp³-hybridized carbons (Fsp3) is 0.154. The smallest absolute Gasteiger partial charge is 0.295 e. The number of aryl methyl sites for hydroxylation is 2. The van der Waals surface area contributed by atoms with E-state index in [0.29, 0.717) is 17.3 Å². The highest BCUT2D eigenvalue weighted by molar-refractivity contribution is 6.02. The maximum Gasteiger partial charge on any atom is 0.295 e. The number of amides is 1. The average molecular weight is 283 g/mol. The second-order valence-corrected chi connectivity index (χ2v) is 4.42. The highest BCUT2D eigenvalue weighted by atomic mass is 16.2. The Labute approximate surface area is 120 Å². The van der Waals surface area contributed by atoms with E-state index in [2.05, 4.69) is 30.5 Å². The molecule has 0 radical (unpaired) electrons. The Bertz CT molecular complexity index is 789. The minimum absolute atomic E-state index is 0.0876. The van der Waals surface area contributed by atoms with Crippen LogP contribution in [0.3, 0.4) is 0 Å². The molecule has 0 saturated heterocycles. The van der Waals surface area contributed by atoms with Crippen LogP contribution in [0, 0.1) is 13.8 Å². The van der Waals surface area contributed by atoms with E-state index in [9.17, 15) is 4.79 Å². The van der Waals surface area contributed by atoms with Gasteiger partial charge in [-0.2, -0.15) is 0 Å². The Morgan fingerprint density at radius 2 is 2.14 bits per heavy atom. The molecule has 0 unspecified atom stereocenters. The summed E-state index contributed by atoms with van der Waals surface area (Å²) in [7, 11) is 0. The molecule has 2 N–H and O–H groups in total. The van der Waals surface area contributed by atoms with Gasteiger partial charge < -0.3 is 5.32 Å². The predicted molar refractivity (Wildman–Crippen MR) is 75.2 cm³/mol. The number of nitrogens with zero attached hydrogens (tertiary/aromatic N) is 5. The van der Waals surface area contributed by atoms with Crippen molar-refractivity contribution in [2.75, 3.05) is 5.32 Å². The molecule has 0 saturated carbocycles. The van der Waals surface area contributed by atoms with Gasteiger partial charge in [0.1, 0.15) is 11.6 Å². The van der Waals surface area contributed by atoms with Crippen molar-refractivity contribution >= 4 is 11.6 Å². The quantitative estimate of drug-likeness (QED) is 0.753. The number of anilines is 1. The van der Waals surface area contributed by atoms with Crippen LogP contribution in [0.2, 0.25) is 0 Å². The van der Waals surface area contributed by atoms with Gasteiger partial charge in [0.2, 0.25) is 5.82 Å². The molecule has 0 aliphatic heterocycles. The van der Waals surface area contributed by atoms with Gasteiger partial charge in [-0.3, -0.25) is 14.5 Å². The molecular formula is C13H13N7O. The molecule has 8 heteroatoms. The Hall–Kier alpha value is -3.03. The number of nitrogens with one attached hydrogen (secondary N) is 2. The average Bonchev–Trinajstić information content (AvgIpc) is 3.08. The van der Waals surface area contributed by atoms with E-state index in [4.69, 9.17) is 0 Å². The molecule has 21 heavy (non-hydrogen) atoms. The number of carbonyl (C=O) groups excluding carboxylic acids is 1. The summed E-state index contributed by atoms with van der Waals surface area (Å²) in [6.07, 6.45) is 5.11. The van der Waals surface area contributed by atoms with Crippen LogP contribution in [0.4, 0.5) is 5.69 Å². The Morgan fingerprint density at radius 3 is 2.81 bits per heavy atom. The third kappa shape index (κ3) is 2.50. The van der Waals surface area contributed by atoms with Crippen LogP contribution in [0.25, 0.3) is 5.82 Å². The minimum atomic E-state index is -0.397. The third-order valence-corrected chi connectivity index (χ3v) is 2.89. The summed E-state index contributed by atoms with van der Waals surface area (Å²) in [6.45, 7) is 3.59. The van der Waals surface area contributed by atoms with Crippen molar-refractivity contribution in [2.24, 2.45) is 0 Å². The van der Waals surface area contributed by atoms with E-state index < -0.39 is 5.91 Å². The van der Waals surface area contributed by atoms with E-state index >= 15 is 0 Å². The number of aromatic nitrogens is 6. The first-order chi connectivity index (χ1) is 10.1. The van der Waals surface area contributed by atoms with E-state index in [1.54, 1.807) is 42.2 Å². The van der Waals surface area contributed by atoms with E-state index in [-0.39, 0.29) is 5.82 Å². The van der Waals surface area contributed by atoms with Crippen LogP contribution < -0.4 is 5.32 Å².